The Kier molecular flexibility index (Phi) is 9.09. The Labute approximate surface area is 193 Å². The molecule has 8 heteroatoms. The lowest BCUT2D eigenvalue weighted by Gasteiger charge is -2.11. The van der Waals surface area contributed by atoms with E-state index in [4.69, 9.17) is 4.99 Å². The summed E-state index contributed by atoms with van der Waals surface area (Å²) in [5.74, 6) is 1.85. The average Bonchev–Trinajstić information content (AvgIpc) is 3.22. The molecule has 0 saturated heterocycles. The topological polar surface area (TPSA) is 67.1 Å². The van der Waals surface area contributed by atoms with Crippen LogP contribution in [0, 0.1) is 20.8 Å². The number of guanidine groups is 1. The Morgan fingerprint density at radius 2 is 1.97 bits per heavy atom. The van der Waals surface area contributed by atoms with Crippen LogP contribution >= 0.6 is 35.3 Å². The minimum atomic E-state index is 0. The largest absolute Gasteiger partial charge is 0.357 e. The van der Waals surface area contributed by atoms with Gasteiger partial charge in [-0.2, -0.15) is 0 Å². The molecule has 0 unspecified atom stereocenters. The van der Waals surface area contributed by atoms with Gasteiger partial charge in [-0.3, -0.25) is 0 Å². The Morgan fingerprint density at radius 3 is 2.62 bits per heavy atom. The number of imidazole rings is 1. The van der Waals surface area contributed by atoms with Crippen molar-refractivity contribution in [3.63, 3.8) is 0 Å². The number of hydrogen-bond donors (Lipinski definition) is 2. The Morgan fingerprint density at radius 1 is 1.17 bits per heavy atom. The summed E-state index contributed by atoms with van der Waals surface area (Å²) in [6.07, 6.45) is 3.85. The minimum Gasteiger partial charge on any atom is -0.357 e. The van der Waals surface area contributed by atoms with Gasteiger partial charge in [0.1, 0.15) is 5.82 Å². The molecule has 29 heavy (non-hydrogen) atoms. The first-order valence-corrected chi connectivity index (χ1v) is 10.4. The summed E-state index contributed by atoms with van der Waals surface area (Å²) in [6, 6.07) is 8.57. The predicted molar refractivity (Wildman–Crippen MR) is 131 cm³/mol. The molecule has 3 rings (SSSR count). The van der Waals surface area contributed by atoms with E-state index in [0.29, 0.717) is 6.54 Å². The van der Waals surface area contributed by atoms with Gasteiger partial charge in [0.05, 0.1) is 23.8 Å². The third-order valence-corrected chi connectivity index (χ3v) is 5.52. The molecule has 2 aromatic heterocycles. The van der Waals surface area contributed by atoms with E-state index in [0.717, 1.165) is 42.1 Å². The lowest BCUT2D eigenvalue weighted by Crippen LogP contribution is -2.36. The van der Waals surface area contributed by atoms with Crippen LogP contribution in [0.2, 0.25) is 0 Å². The highest BCUT2D eigenvalue weighted by Crippen LogP contribution is 2.16. The maximum absolute atomic E-state index is 4.75. The Hall–Kier alpha value is -1.94. The van der Waals surface area contributed by atoms with Gasteiger partial charge >= 0.3 is 0 Å². The van der Waals surface area contributed by atoms with Crippen molar-refractivity contribution in [3.05, 3.63) is 69.2 Å². The van der Waals surface area contributed by atoms with E-state index >= 15 is 0 Å². The lowest BCUT2D eigenvalue weighted by molar-refractivity contribution is 0.760. The van der Waals surface area contributed by atoms with Crippen LogP contribution in [0.1, 0.15) is 39.5 Å². The summed E-state index contributed by atoms with van der Waals surface area (Å²) in [7, 11) is 0. The molecule has 0 aliphatic rings. The fraction of sp³-hybridized carbons (Fsp3) is 0.381. The van der Waals surface area contributed by atoms with E-state index in [1.807, 2.05) is 26.2 Å². The van der Waals surface area contributed by atoms with Crippen LogP contribution in [0.5, 0.6) is 0 Å². The van der Waals surface area contributed by atoms with Crippen LogP contribution in [-0.2, 0) is 19.6 Å². The van der Waals surface area contributed by atoms with Crippen molar-refractivity contribution >= 4 is 41.3 Å². The molecule has 0 aliphatic heterocycles. The number of nitrogens with zero attached hydrogens (tertiary/aromatic N) is 4. The normalized spacial score (nSPS) is 11.2. The van der Waals surface area contributed by atoms with Gasteiger partial charge < -0.3 is 15.2 Å². The zero-order chi connectivity index (χ0) is 19.9. The van der Waals surface area contributed by atoms with Gasteiger partial charge in [-0.15, -0.1) is 35.3 Å². The summed E-state index contributed by atoms with van der Waals surface area (Å²) in [4.78, 5) is 14.8. The zero-order valence-corrected chi connectivity index (χ0v) is 20.5. The van der Waals surface area contributed by atoms with Crippen LogP contribution in [0.4, 0.5) is 0 Å². The van der Waals surface area contributed by atoms with E-state index in [1.165, 1.54) is 16.0 Å². The molecular formula is C21H29IN6S. The van der Waals surface area contributed by atoms with E-state index in [2.05, 4.69) is 63.3 Å². The summed E-state index contributed by atoms with van der Waals surface area (Å²) >= 11 is 1.73. The second-order valence-corrected chi connectivity index (χ2v) is 8.00. The van der Waals surface area contributed by atoms with Crippen LogP contribution in [0.15, 0.2) is 41.7 Å². The van der Waals surface area contributed by atoms with Crippen molar-refractivity contribution in [2.45, 2.75) is 47.3 Å². The first-order chi connectivity index (χ1) is 13.5. The number of benzene rings is 1. The molecule has 3 aromatic rings. The average molecular weight is 524 g/mol. The monoisotopic (exact) mass is 524 g/mol. The molecule has 0 saturated carbocycles. The number of halogens is 1. The van der Waals surface area contributed by atoms with Gasteiger partial charge in [0.15, 0.2) is 5.96 Å². The highest BCUT2D eigenvalue weighted by molar-refractivity contribution is 14.0. The number of aliphatic imine (C=N–C) groups is 1. The van der Waals surface area contributed by atoms with Gasteiger partial charge in [-0.25, -0.2) is 15.0 Å². The summed E-state index contributed by atoms with van der Waals surface area (Å²) in [5, 5.41) is 7.83. The summed E-state index contributed by atoms with van der Waals surface area (Å²) < 4.78 is 2.15. The molecule has 0 bridgehead atoms. The van der Waals surface area contributed by atoms with Gasteiger partial charge in [0.25, 0.3) is 0 Å². The highest BCUT2D eigenvalue weighted by atomic mass is 127. The zero-order valence-electron chi connectivity index (χ0n) is 17.4. The third kappa shape index (κ3) is 6.81. The van der Waals surface area contributed by atoms with Crippen LogP contribution in [0.25, 0.3) is 0 Å². The molecule has 2 heterocycles. The van der Waals surface area contributed by atoms with Crippen LogP contribution < -0.4 is 10.6 Å². The van der Waals surface area contributed by atoms with Crippen LogP contribution in [0.3, 0.4) is 0 Å². The molecule has 1 aromatic carbocycles. The van der Waals surface area contributed by atoms with Gasteiger partial charge in [0.2, 0.25) is 0 Å². The summed E-state index contributed by atoms with van der Waals surface area (Å²) in [6.45, 7) is 11.2. The SMILES string of the molecule is CCNC(=NCc1cccc(Cn2ccnc2C)c1)NCc1sc(C)nc1C.I. The third-order valence-electron chi connectivity index (χ3n) is 4.45. The Bertz CT molecular complexity index is 946. The molecule has 0 atom stereocenters. The minimum absolute atomic E-state index is 0. The standard InChI is InChI=1S/C21H28N6S.HI/c1-5-22-21(25-13-20-15(2)26-17(4)28-20)24-12-18-7-6-8-19(11-18)14-27-10-9-23-16(27)3;/h6-11H,5,12-14H2,1-4H3,(H2,22,24,25);1H. The van der Waals surface area contributed by atoms with Crippen molar-refractivity contribution < 1.29 is 0 Å². The molecule has 0 aliphatic carbocycles. The number of aromatic nitrogens is 3. The number of aryl methyl sites for hydroxylation is 3. The first-order valence-electron chi connectivity index (χ1n) is 9.55. The van der Waals surface area contributed by atoms with Crippen LogP contribution in [-0.4, -0.2) is 27.0 Å². The maximum Gasteiger partial charge on any atom is 0.191 e. The maximum atomic E-state index is 4.75. The van der Waals surface area contributed by atoms with Gasteiger partial charge in [-0.05, 0) is 38.8 Å². The lowest BCUT2D eigenvalue weighted by atomic mass is 10.1. The molecule has 0 fully saturated rings. The molecule has 0 amide bonds. The van der Waals surface area contributed by atoms with Crippen molar-refractivity contribution in [1.82, 2.24) is 25.2 Å². The van der Waals surface area contributed by atoms with Gasteiger partial charge in [0, 0.05) is 30.4 Å². The van der Waals surface area contributed by atoms with E-state index < -0.39 is 0 Å². The molecule has 6 nitrogen and oxygen atoms in total. The van der Waals surface area contributed by atoms with Crippen molar-refractivity contribution in [2.24, 2.45) is 4.99 Å². The number of nitrogens with one attached hydrogen (secondary N) is 2. The van der Waals surface area contributed by atoms with Crippen molar-refractivity contribution in [2.75, 3.05) is 6.54 Å². The molecule has 0 spiro atoms. The quantitative estimate of drug-likeness (QED) is 0.277. The second kappa shape index (κ2) is 11.3. The molecule has 0 radical (unpaired) electrons. The van der Waals surface area contributed by atoms with E-state index in [1.54, 1.807) is 11.3 Å². The second-order valence-electron chi connectivity index (χ2n) is 6.71. The number of hydrogen-bond acceptors (Lipinski definition) is 4. The van der Waals surface area contributed by atoms with E-state index in [9.17, 15) is 0 Å². The smallest absolute Gasteiger partial charge is 0.191 e. The number of rotatable bonds is 7. The Balaban J connectivity index is 0.00000300. The van der Waals surface area contributed by atoms with Crippen molar-refractivity contribution in [1.29, 1.82) is 0 Å². The fourth-order valence-electron chi connectivity index (χ4n) is 3.01. The molecular weight excluding hydrogens is 495 g/mol. The molecule has 156 valence electrons. The highest BCUT2D eigenvalue weighted by Gasteiger charge is 2.06. The van der Waals surface area contributed by atoms with Gasteiger partial charge in [-0.1, -0.05) is 24.3 Å². The van der Waals surface area contributed by atoms with Crippen molar-refractivity contribution in [3.8, 4) is 0 Å². The summed E-state index contributed by atoms with van der Waals surface area (Å²) in [5.41, 5.74) is 3.54. The first kappa shape index (κ1) is 23.3. The predicted octanol–water partition coefficient (Wildman–Crippen LogP) is 4.19. The molecule has 2 N–H and O–H groups in total. The fourth-order valence-corrected chi connectivity index (χ4v) is 3.88. The van der Waals surface area contributed by atoms with E-state index in [-0.39, 0.29) is 24.0 Å². The number of thiazole rings is 1.